The summed E-state index contributed by atoms with van der Waals surface area (Å²) in [7, 11) is 0. The zero-order chi connectivity index (χ0) is 7.28. The number of carbonyl (C=O) groups is 1. The van der Waals surface area contributed by atoms with Gasteiger partial charge in [0.25, 0.3) is 0 Å². The molecule has 3 N–H and O–H groups in total. The summed E-state index contributed by atoms with van der Waals surface area (Å²) >= 11 is 0. The normalized spacial score (nSPS) is 9.78. The van der Waals surface area contributed by atoms with Gasteiger partial charge in [0.1, 0.15) is 0 Å². The maximum Gasteiger partial charge on any atom is 0.244 e. The lowest BCUT2D eigenvalue weighted by atomic mass is 10.2. The molecule has 0 fully saturated rings. The molecule has 0 spiro atoms. The molecule has 0 aliphatic rings. The minimum absolute atomic E-state index is 0.292. The van der Waals surface area contributed by atoms with Gasteiger partial charge in [-0.1, -0.05) is 6.58 Å². The van der Waals surface area contributed by atoms with Crippen molar-refractivity contribution in [1.82, 2.24) is 0 Å². The van der Waals surface area contributed by atoms with Gasteiger partial charge in [0.2, 0.25) is 5.91 Å². The molecule has 3 nitrogen and oxygen atoms in total. The summed E-state index contributed by atoms with van der Waals surface area (Å²) in [5.41, 5.74) is 5.11. The van der Waals surface area contributed by atoms with Crippen LogP contribution in [0, 0.1) is 0 Å². The number of carbonyl (C=O) groups excluding carboxylic acids is 1. The molecule has 0 aromatic carbocycles. The van der Waals surface area contributed by atoms with Crippen molar-refractivity contribution < 1.29 is 9.90 Å². The molecule has 0 aromatic heterocycles. The number of rotatable bonds is 3. The van der Waals surface area contributed by atoms with Crippen molar-refractivity contribution in [3.8, 4) is 0 Å². The Morgan fingerprint density at radius 1 is 1.78 bits per heavy atom. The third-order valence-electron chi connectivity index (χ3n) is 0.818. The van der Waals surface area contributed by atoms with Crippen LogP contribution >= 0.6 is 0 Å². The minimum Gasteiger partial charge on any atom is -0.516 e. The molecule has 0 heterocycles. The van der Waals surface area contributed by atoms with E-state index in [1.807, 2.05) is 0 Å². The van der Waals surface area contributed by atoms with Crippen LogP contribution in [0.3, 0.4) is 0 Å². The summed E-state index contributed by atoms with van der Waals surface area (Å²) in [6.45, 7) is 3.35. The first kappa shape index (κ1) is 7.75. The Kier molecular flexibility index (Phi) is 3.20. The van der Waals surface area contributed by atoms with Crippen LogP contribution in [0.15, 0.2) is 24.5 Å². The molecule has 0 atom stereocenters. The highest BCUT2D eigenvalue weighted by molar-refractivity contribution is 5.91. The van der Waals surface area contributed by atoms with E-state index in [9.17, 15) is 4.79 Å². The predicted octanol–water partition coefficient (Wildman–Crippen LogP) is 0.490. The molecular formula is C6H9NO2. The maximum absolute atomic E-state index is 10.2. The van der Waals surface area contributed by atoms with E-state index >= 15 is 0 Å². The average Bonchev–Trinajstić information content (AvgIpc) is 1.82. The van der Waals surface area contributed by atoms with Crippen molar-refractivity contribution in [3.63, 3.8) is 0 Å². The molecule has 3 heteroatoms. The molecule has 0 saturated heterocycles. The van der Waals surface area contributed by atoms with Crippen LogP contribution in [0.5, 0.6) is 0 Å². The van der Waals surface area contributed by atoms with E-state index in [4.69, 9.17) is 10.8 Å². The molecule has 9 heavy (non-hydrogen) atoms. The lowest BCUT2D eigenvalue weighted by Gasteiger charge is -1.91. The molecular weight excluding hydrogens is 118 g/mol. The summed E-state index contributed by atoms with van der Waals surface area (Å²) in [4.78, 5) is 10.2. The number of hydrogen-bond donors (Lipinski definition) is 2. The van der Waals surface area contributed by atoms with Crippen molar-refractivity contribution in [2.24, 2.45) is 5.73 Å². The van der Waals surface area contributed by atoms with Crippen LogP contribution in [-0.2, 0) is 4.79 Å². The van der Waals surface area contributed by atoms with Crippen LogP contribution in [-0.4, -0.2) is 11.0 Å². The summed E-state index contributed by atoms with van der Waals surface area (Å²) in [5, 5.41) is 8.12. The van der Waals surface area contributed by atoms with Crippen LogP contribution < -0.4 is 5.73 Å². The largest absolute Gasteiger partial charge is 0.516 e. The second kappa shape index (κ2) is 3.72. The standard InChI is InChI=1S/C6H9NO2/c1-5(6(7)9)3-2-4-8/h2,4,8H,1,3H2,(H2,7,9). The maximum atomic E-state index is 10.2. The third-order valence-corrected chi connectivity index (χ3v) is 0.818. The number of primary amides is 1. The highest BCUT2D eigenvalue weighted by Gasteiger charge is 1.95. The molecule has 0 bridgehead atoms. The van der Waals surface area contributed by atoms with Gasteiger partial charge >= 0.3 is 0 Å². The SMILES string of the molecule is C=C(CC=CO)C(N)=O. The zero-order valence-corrected chi connectivity index (χ0v) is 5.00. The van der Waals surface area contributed by atoms with Crippen molar-refractivity contribution in [2.45, 2.75) is 6.42 Å². The number of aliphatic hydroxyl groups excluding tert-OH is 1. The second-order valence-corrected chi connectivity index (χ2v) is 1.56. The van der Waals surface area contributed by atoms with Gasteiger partial charge < -0.3 is 10.8 Å². The summed E-state index contributed by atoms with van der Waals surface area (Å²) in [6.07, 6.45) is 2.56. The molecule has 0 aliphatic heterocycles. The Hall–Kier alpha value is -1.25. The van der Waals surface area contributed by atoms with Crippen molar-refractivity contribution in [3.05, 3.63) is 24.5 Å². The van der Waals surface area contributed by atoms with Gasteiger partial charge in [-0.2, -0.15) is 0 Å². The highest BCUT2D eigenvalue weighted by Crippen LogP contribution is 1.95. The van der Waals surface area contributed by atoms with Gasteiger partial charge in [-0.3, -0.25) is 4.79 Å². The Morgan fingerprint density at radius 2 is 2.33 bits per heavy atom. The molecule has 0 radical (unpaired) electrons. The van der Waals surface area contributed by atoms with Crippen LogP contribution in [0.25, 0.3) is 0 Å². The van der Waals surface area contributed by atoms with E-state index in [1.54, 1.807) is 0 Å². The van der Waals surface area contributed by atoms with Gasteiger partial charge in [0.05, 0.1) is 6.26 Å². The molecule has 50 valence electrons. The fourth-order valence-electron chi connectivity index (χ4n) is 0.296. The lowest BCUT2D eigenvalue weighted by molar-refractivity contribution is -0.114. The Morgan fingerprint density at radius 3 is 2.67 bits per heavy atom. The lowest BCUT2D eigenvalue weighted by Crippen LogP contribution is -2.12. The minimum atomic E-state index is -0.534. The van der Waals surface area contributed by atoms with Crippen molar-refractivity contribution >= 4 is 5.91 Å². The Bertz CT molecular complexity index is 149. The molecule has 0 unspecified atom stereocenters. The summed E-state index contributed by atoms with van der Waals surface area (Å²) < 4.78 is 0. The van der Waals surface area contributed by atoms with Crippen molar-refractivity contribution in [1.29, 1.82) is 0 Å². The predicted molar refractivity (Wildman–Crippen MR) is 34.7 cm³/mol. The quantitative estimate of drug-likeness (QED) is 0.428. The summed E-state index contributed by atoms with van der Waals surface area (Å²) in [5.74, 6) is -0.534. The number of nitrogens with two attached hydrogens (primary N) is 1. The molecule has 1 amide bonds. The Labute approximate surface area is 53.5 Å². The van der Waals surface area contributed by atoms with Crippen LogP contribution in [0.1, 0.15) is 6.42 Å². The van der Waals surface area contributed by atoms with Gasteiger partial charge in [-0.15, -0.1) is 0 Å². The zero-order valence-electron chi connectivity index (χ0n) is 5.00. The molecule has 0 aliphatic carbocycles. The number of amides is 1. The van der Waals surface area contributed by atoms with E-state index in [2.05, 4.69) is 6.58 Å². The first-order chi connectivity index (χ1) is 4.18. The fraction of sp³-hybridized carbons (Fsp3) is 0.167. The topological polar surface area (TPSA) is 63.3 Å². The first-order valence-electron chi connectivity index (χ1n) is 2.45. The number of allylic oxidation sites excluding steroid dienone is 1. The van der Waals surface area contributed by atoms with E-state index < -0.39 is 5.91 Å². The average molecular weight is 127 g/mol. The van der Waals surface area contributed by atoms with Gasteiger partial charge in [-0.05, 0) is 12.5 Å². The van der Waals surface area contributed by atoms with Crippen LogP contribution in [0.4, 0.5) is 0 Å². The van der Waals surface area contributed by atoms with Crippen molar-refractivity contribution in [2.75, 3.05) is 0 Å². The van der Waals surface area contributed by atoms with Gasteiger partial charge in [-0.25, -0.2) is 0 Å². The third kappa shape index (κ3) is 3.34. The number of hydrogen-bond acceptors (Lipinski definition) is 2. The smallest absolute Gasteiger partial charge is 0.244 e. The van der Waals surface area contributed by atoms with E-state index in [0.29, 0.717) is 12.0 Å². The monoisotopic (exact) mass is 127 g/mol. The van der Waals surface area contributed by atoms with Crippen LogP contribution in [0.2, 0.25) is 0 Å². The first-order valence-corrected chi connectivity index (χ1v) is 2.45. The molecule has 0 aromatic rings. The fourth-order valence-corrected chi connectivity index (χ4v) is 0.296. The van der Waals surface area contributed by atoms with E-state index in [1.165, 1.54) is 6.08 Å². The molecule has 0 saturated carbocycles. The second-order valence-electron chi connectivity index (χ2n) is 1.56. The molecule has 0 rings (SSSR count). The number of aliphatic hydroxyl groups is 1. The highest BCUT2D eigenvalue weighted by atomic mass is 16.2. The van der Waals surface area contributed by atoms with Gasteiger partial charge in [0.15, 0.2) is 0 Å². The van der Waals surface area contributed by atoms with Gasteiger partial charge in [0, 0.05) is 5.57 Å². The Balaban J connectivity index is 3.65. The van der Waals surface area contributed by atoms with E-state index in [-0.39, 0.29) is 0 Å². The summed E-state index contributed by atoms with van der Waals surface area (Å²) in [6, 6.07) is 0. The van der Waals surface area contributed by atoms with E-state index in [0.717, 1.165) is 6.26 Å².